The number of fused-ring (bicyclic) bond motifs is 1. The van der Waals surface area contributed by atoms with Gasteiger partial charge in [0.1, 0.15) is 10.4 Å². The molecule has 5 rings (SSSR count). The Morgan fingerprint density at radius 3 is 2.54 bits per heavy atom. The van der Waals surface area contributed by atoms with E-state index in [1.54, 1.807) is 16.9 Å². The van der Waals surface area contributed by atoms with E-state index in [0.717, 1.165) is 41.6 Å². The van der Waals surface area contributed by atoms with Crippen LogP contribution in [0.25, 0.3) is 28.0 Å². The molecule has 1 saturated carbocycles. The fourth-order valence-corrected chi connectivity index (χ4v) is 5.47. The van der Waals surface area contributed by atoms with E-state index in [9.17, 15) is 18.4 Å². The number of alkyl halides is 2. The second-order valence-corrected chi connectivity index (χ2v) is 11.8. The molecule has 0 bridgehead atoms. The summed E-state index contributed by atoms with van der Waals surface area (Å²) in [6, 6.07) is 16.0. The first-order valence-electron chi connectivity index (χ1n) is 12.2. The van der Waals surface area contributed by atoms with Crippen LogP contribution in [0.4, 0.5) is 8.78 Å². The van der Waals surface area contributed by atoms with Gasteiger partial charge in [-0.05, 0) is 69.4 Å². The van der Waals surface area contributed by atoms with E-state index in [1.165, 1.54) is 12.1 Å². The summed E-state index contributed by atoms with van der Waals surface area (Å²) in [5.41, 5.74) is 2.75. The van der Waals surface area contributed by atoms with Crippen molar-refractivity contribution >= 4 is 22.3 Å². The third-order valence-electron chi connectivity index (χ3n) is 7.33. The first-order valence-corrected chi connectivity index (χ1v) is 13.4. The van der Waals surface area contributed by atoms with Gasteiger partial charge in [-0.3, -0.25) is 4.98 Å². The van der Waals surface area contributed by atoms with Crippen LogP contribution in [0.1, 0.15) is 56.8 Å². The molecule has 1 fully saturated rings. The molecule has 10 heteroatoms. The molecule has 0 aliphatic heterocycles. The van der Waals surface area contributed by atoms with E-state index in [1.807, 2.05) is 50.2 Å². The van der Waals surface area contributed by atoms with Crippen LogP contribution in [0.3, 0.4) is 0 Å². The van der Waals surface area contributed by atoms with Crippen molar-refractivity contribution < 1.29 is 18.4 Å². The summed E-state index contributed by atoms with van der Waals surface area (Å²) < 4.78 is 39.7. The summed E-state index contributed by atoms with van der Waals surface area (Å²) in [5.74, 6) is 0.475. The Morgan fingerprint density at radius 2 is 1.84 bits per heavy atom. The lowest BCUT2D eigenvalue weighted by Crippen LogP contribution is -2.45. The molecule has 194 valence electrons. The number of rotatable bonds is 8. The van der Waals surface area contributed by atoms with Crippen LogP contribution in [0.5, 0.6) is 0 Å². The van der Waals surface area contributed by atoms with E-state index in [2.05, 4.69) is 10.1 Å². The van der Waals surface area contributed by atoms with Gasteiger partial charge < -0.3 is 9.66 Å². The summed E-state index contributed by atoms with van der Waals surface area (Å²) in [6.45, 7) is 3.78. The highest BCUT2D eigenvalue weighted by Crippen LogP contribution is 2.43. The fraction of sp³-hybridized carbons (Fsp3) is 0.370. The van der Waals surface area contributed by atoms with Crippen molar-refractivity contribution in [2.24, 2.45) is 11.1 Å². The minimum atomic E-state index is -2.67. The van der Waals surface area contributed by atoms with Gasteiger partial charge in [0, 0.05) is 28.0 Å². The van der Waals surface area contributed by atoms with Gasteiger partial charge in [-0.2, -0.15) is 10.2 Å². The molecule has 4 aromatic rings. The van der Waals surface area contributed by atoms with Gasteiger partial charge in [-0.1, -0.05) is 24.3 Å². The van der Waals surface area contributed by atoms with Crippen molar-refractivity contribution in [1.82, 2.24) is 19.7 Å². The number of nitrogens with zero attached hydrogens (tertiary/aromatic N) is 4. The SMILES string of the molecule is CC(C)([C@@H](C[C@H]1C[C@@H](O)C1)c1cccc(-c2ccc3cnn(-c4cccc(C(F)F)n4)c3c2)n1)[S+](N)[O-]. The van der Waals surface area contributed by atoms with Crippen LogP contribution in [0.15, 0.2) is 60.8 Å². The number of aliphatic hydroxyl groups is 1. The zero-order valence-corrected chi connectivity index (χ0v) is 21.4. The molecule has 7 nitrogen and oxygen atoms in total. The summed E-state index contributed by atoms with van der Waals surface area (Å²) in [4.78, 5) is 9.03. The molecule has 1 unspecified atom stereocenters. The molecular formula is C27H29F2N5O2S. The number of halogens is 2. The normalized spacial score (nSPS) is 19.7. The highest BCUT2D eigenvalue weighted by atomic mass is 32.2. The minimum Gasteiger partial charge on any atom is -0.598 e. The maximum atomic E-state index is 13.2. The van der Waals surface area contributed by atoms with E-state index in [4.69, 9.17) is 10.1 Å². The van der Waals surface area contributed by atoms with Gasteiger partial charge in [0.15, 0.2) is 5.82 Å². The lowest BCUT2D eigenvalue weighted by atomic mass is 9.73. The molecular weight excluding hydrogens is 496 g/mol. The Morgan fingerprint density at radius 1 is 1.11 bits per heavy atom. The van der Waals surface area contributed by atoms with Crippen molar-refractivity contribution in [3.63, 3.8) is 0 Å². The predicted molar refractivity (Wildman–Crippen MR) is 140 cm³/mol. The van der Waals surface area contributed by atoms with E-state index in [-0.39, 0.29) is 17.7 Å². The van der Waals surface area contributed by atoms with Gasteiger partial charge in [0.25, 0.3) is 6.43 Å². The summed E-state index contributed by atoms with van der Waals surface area (Å²) in [6.07, 6.45) is 0.912. The Balaban J connectivity index is 1.52. The van der Waals surface area contributed by atoms with Crippen LogP contribution >= 0.6 is 0 Å². The fourth-order valence-electron chi connectivity index (χ4n) is 4.97. The summed E-state index contributed by atoms with van der Waals surface area (Å²) in [7, 11) is 0. The van der Waals surface area contributed by atoms with Crippen LogP contribution < -0.4 is 5.14 Å². The molecule has 1 aromatic carbocycles. The van der Waals surface area contributed by atoms with Gasteiger partial charge >= 0.3 is 0 Å². The molecule has 3 aromatic heterocycles. The van der Waals surface area contributed by atoms with Crippen molar-refractivity contribution in [2.45, 2.75) is 56.3 Å². The maximum absolute atomic E-state index is 13.2. The molecule has 0 amide bonds. The first kappa shape index (κ1) is 25.7. The zero-order chi connectivity index (χ0) is 26.3. The van der Waals surface area contributed by atoms with Crippen molar-refractivity contribution in [3.8, 4) is 17.1 Å². The number of hydrogen-bond donors (Lipinski definition) is 2. The predicted octanol–water partition coefficient (Wildman–Crippen LogP) is 5.07. The molecule has 3 heterocycles. The largest absolute Gasteiger partial charge is 0.598 e. The Labute approximate surface area is 217 Å². The average Bonchev–Trinajstić information content (AvgIpc) is 3.29. The van der Waals surface area contributed by atoms with Gasteiger partial charge in [-0.25, -0.2) is 18.4 Å². The number of pyridine rings is 2. The Bertz CT molecular complexity index is 1400. The molecule has 0 saturated heterocycles. The summed E-state index contributed by atoms with van der Waals surface area (Å²) in [5, 5.41) is 20.9. The van der Waals surface area contributed by atoms with E-state index in [0.29, 0.717) is 17.3 Å². The van der Waals surface area contributed by atoms with Crippen molar-refractivity contribution in [1.29, 1.82) is 0 Å². The van der Waals surface area contributed by atoms with E-state index < -0.39 is 22.5 Å². The molecule has 1 aliphatic rings. The topological polar surface area (TPSA) is 113 Å². The molecule has 0 radical (unpaired) electrons. The molecule has 2 atom stereocenters. The van der Waals surface area contributed by atoms with Crippen LogP contribution in [0, 0.1) is 5.92 Å². The van der Waals surface area contributed by atoms with Crippen molar-refractivity contribution in [3.05, 3.63) is 72.2 Å². The monoisotopic (exact) mass is 525 g/mol. The number of benzene rings is 1. The third-order valence-corrected chi connectivity index (χ3v) is 8.65. The first-order chi connectivity index (χ1) is 17.6. The molecule has 37 heavy (non-hydrogen) atoms. The maximum Gasteiger partial charge on any atom is 0.280 e. The second kappa shape index (κ2) is 10.1. The Hall–Kier alpha value is -2.92. The van der Waals surface area contributed by atoms with Crippen molar-refractivity contribution in [2.75, 3.05) is 0 Å². The molecule has 1 aliphatic carbocycles. The minimum absolute atomic E-state index is 0.161. The van der Waals surface area contributed by atoms with Crippen LogP contribution in [-0.2, 0) is 11.4 Å². The highest BCUT2D eigenvalue weighted by molar-refractivity contribution is 7.90. The third kappa shape index (κ3) is 5.11. The zero-order valence-electron chi connectivity index (χ0n) is 20.6. The average molecular weight is 526 g/mol. The standard InChI is InChI=1S/C27H29F2N5O2S/c1-27(2,37(30)36)20(13-16-11-19(35)12-16)22-6-3-5-21(32-22)17-9-10-18-15-31-34(24(18)14-17)25-8-4-7-23(33-25)26(28)29/h3-10,14-16,19-20,26,35H,11-13,30H2,1-2H3/t16-,19+,20-,37?/m0/s1. The number of hydrogen-bond acceptors (Lipinski definition) is 6. The van der Waals surface area contributed by atoms with Gasteiger partial charge in [-0.15, -0.1) is 0 Å². The summed E-state index contributed by atoms with van der Waals surface area (Å²) >= 11 is -1.58. The van der Waals surface area contributed by atoms with Gasteiger partial charge in [0.05, 0.1) is 29.4 Å². The molecule has 0 spiro atoms. The van der Waals surface area contributed by atoms with Crippen LogP contribution in [-0.4, -0.2) is 40.3 Å². The highest BCUT2D eigenvalue weighted by Gasteiger charge is 2.44. The number of aliphatic hydroxyl groups excluding tert-OH is 1. The quantitative estimate of drug-likeness (QED) is 0.311. The smallest absolute Gasteiger partial charge is 0.280 e. The van der Waals surface area contributed by atoms with E-state index >= 15 is 0 Å². The Kier molecular flexibility index (Phi) is 7.01. The second-order valence-electron chi connectivity index (χ2n) is 10.2. The number of nitrogens with two attached hydrogens (primary N) is 1. The molecule has 3 N–H and O–H groups in total. The number of aromatic nitrogens is 4. The van der Waals surface area contributed by atoms with Crippen LogP contribution in [0.2, 0.25) is 0 Å². The lowest BCUT2D eigenvalue weighted by Gasteiger charge is -2.39. The van der Waals surface area contributed by atoms with Gasteiger partial charge in [0.2, 0.25) is 0 Å². The lowest BCUT2D eigenvalue weighted by molar-refractivity contribution is 0.0342.